The number of aryl methyl sites for hydroxylation is 1. The number of anilines is 1. The number of carbonyl (C=O) groups excluding carboxylic acids is 1. The van der Waals surface area contributed by atoms with E-state index in [4.69, 9.17) is 14.2 Å². The van der Waals surface area contributed by atoms with Crippen molar-refractivity contribution in [3.05, 3.63) is 66.4 Å². The van der Waals surface area contributed by atoms with Gasteiger partial charge in [0.25, 0.3) is 0 Å². The Bertz CT molecular complexity index is 1600. The maximum atomic E-state index is 14.9. The Kier molecular flexibility index (Phi) is 6.78. The van der Waals surface area contributed by atoms with Gasteiger partial charge in [0.2, 0.25) is 5.88 Å². The second kappa shape index (κ2) is 10.3. The second-order valence-corrected chi connectivity index (χ2v) is 9.29. The van der Waals surface area contributed by atoms with Gasteiger partial charge in [0, 0.05) is 23.9 Å². The lowest BCUT2D eigenvalue weighted by molar-refractivity contribution is 0.0969. The van der Waals surface area contributed by atoms with E-state index in [2.05, 4.69) is 25.3 Å². The van der Waals surface area contributed by atoms with Gasteiger partial charge in [-0.05, 0) is 43.7 Å². The summed E-state index contributed by atoms with van der Waals surface area (Å²) in [5.74, 6) is -0.0930. The third-order valence-corrected chi connectivity index (χ3v) is 6.39. The van der Waals surface area contributed by atoms with Gasteiger partial charge >= 0.3 is 6.09 Å². The molecule has 0 bridgehead atoms. The van der Waals surface area contributed by atoms with Gasteiger partial charge in [0.05, 0.1) is 46.4 Å². The first-order valence-corrected chi connectivity index (χ1v) is 12.1. The van der Waals surface area contributed by atoms with E-state index in [1.54, 1.807) is 44.6 Å². The molecule has 0 aliphatic rings. The molecule has 1 amide bonds. The van der Waals surface area contributed by atoms with Crippen LogP contribution in [0.25, 0.3) is 31.8 Å². The Morgan fingerprint density at radius 2 is 2.03 bits per heavy atom. The monoisotopic (exact) mass is 519 g/mol. The molecule has 0 radical (unpaired) electrons. The molecule has 37 heavy (non-hydrogen) atoms. The van der Waals surface area contributed by atoms with Gasteiger partial charge < -0.3 is 14.2 Å². The topological polar surface area (TPSA) is 108 Å². The van der Waals surface area contributed by atoms with Crippen molar-refractivity contribution in [2.75, 3.05) is 19.0 Å². The lowest BCUT2D eigenvalue weighted by Gasteiger charge is -2.15. The van der Waals surface area contributed by atoms with Gasteiger partial charge in [-0.1, -0.05) is 0 Å². The molecule has 2 aromatic carbocycles. The van der Waals surface area contributed by atoms with Crippen molar-refractivity contribution in [3.63, 3.8) is 0 Å². The summed E-state index contributed by atoms with van der Waals surface area (Å²) in [5.41, 5.74) is 4.16. The van der Waals surface area contributed by atoms with E-state index in [1.165, 1.54) is 23.6 Å². The van der Waals surface area contributed by atoms with Crippen molar-refractivity contribution in [3.8, 4) is 22.2 Å². The standard InChI is InChI=1S/C26H22FN5O4S/c1-14-7-17(24-20(8-14)31-23(34-3)12-29-24)25-32-19-9-18(27)21(10-22(19)37-25)36-15(2)13-35-26(33)30-16-5-4-6-28-11-16/h4-12,15H,13H2,1-3H3,(H,30,33)/t15-/m1/s1. The number of hydrogen-bond donors (Lipinski definition) is 1. The van der Waals surface area contributed by atoms with Crippen molar-refractivity contribution in [1.82, 2.24) is 19.9 Å². The molecule has 0 aliphatic carbocycles. The molecule has 9 nitrogen and oxygen atoms in total. The number of aromatic nitrogens is 4. The molecule has 5 rings (SSSR count). The molecule has 0 unspecified atom stereocenters. The van der Waals surface area contributed by atoms with Crippen LogP contribution in [0.2, 0.25) is 0 Å². The van der Waals surface area contributed by atoms with E-state index in [1.807, 2.05) is 19.1 Å². The summed E-state index contributed by atoms with van der Waals surface area (Å²) in [5, 5.41) is 3.25. The summed E-state index contributed by atoms with van der Waals surface area (Å²) in [4.78, 5) is 29.5. The average Bonchev–Trinajstić information content (AvgIpc) is 3.29. The van der Waals surface area contributed by atoms with Crippen LogP contribution in [0.15, 0.2) is 55.0 Å². The number of halogens is 1. The molecular formula is C26H22FN5O4S. The highest BCUT2D eigenvalue weighted by Crippen LogP contribution is 2.37. The minimum Gasteiger partial charge on any atom is -0.484 e. The summed E-state index contributed by atoms with van der Waals surface area (Å²) in [6.07, 6.45) is 3.40. The van der Waals surface area contributed by atoms with Gasteiger partial charge in [-0.25, -0.2) is 24.1 Å². The Morgan fingerprint density at radius 1 is 1.16 bits per heavy atom. The van der Waals surface area contributed by atoms with E-state index in [-0.39, 0.29) is 12.4 Å². The number of hydrogen-bond acceptors (Lipinski definition) is 9. The van der Waals surface area contributed by atoms with E-state index in [0.717, 1.165) is 15.8 Å². The van der Waals surface area contributed by atoms with Crippen LogP contribution in [0.5, 0.6) is 11.6 Å². The molecule has 0 saturated heterocycles. The Hall–Kier alpha value is -4.38. The fourth-order valence-electron chi connectivity index (χ4n) is 3.68. The van der Waals surface area contributed by atoms with Crippen LogP contribution in [0.3, 0.4) is 0 Å². The number of nitrogens with one attached hydrogen (secondary N) is 1. The van der Waals surface area contributed by atoms with Crippen molar-refractivity contribution in [2.24, 2.45) is 0 Å². The average molecular weight is 520 g/mol. The van der Waals surface area contributed by atoms with Crippen LogP contribution in [-0.4, -0.2) is 45.8 Å². The highest BCUT2D eigenvalue weighted by molar-refractivity contribution is 7.21. The molecule has 3 aromatic heterocycles. The maximum Gasteiger partial charge on any atom is 0.411 e. The Morgan fingerprint density at radius 3 is 2.81 bits per heavy atom. The second-order valence-electron chi connectivity index (χ2n) is 8.26. The number of benzene rings is 2. The van der Waals surface area contributed by atoms with Crippen molar-refractivity contribution < 1.29 is 23.4 Å². The van der Waals surface area contributed by atoms with E-state index in [0.29, 0.717) is 33.1 Å². The summed E-state index contributed by atoms with van der Waals surface area (Å²) in [7, 11) is 1.54. The zero-order chi connectivity index (χ0) is 25.9. The molecule has 188 valence electrons. The highest BCUT2D eigenvalue weighted by atomic mass is 32.1. The molecular weight excluding hydrogens is 497 g/mol. The molecule has 0 aliphatic heterocycles. The van der Waals surface area contributed by atoms with Crippen molar-refractivity contribution in [2.45, 2.75) is 20.0 Å². The lowest BCUT2D eigenvalue weighted by Crippen LogP contribution is -2.24. The van der Waals surface area contributed by atoms with Crippen molar-refractivity contribution >= 4 is 44.4 Å². The number of methoxy groups -OCH3 is 1. The number of fused-ring (bicyclic) bond motifs is 2. The molecule has 3 heterocycles. The molecule has 5 aromatic rings. The zero-order valence-electron chi connectivity index (χ0n) is 20.2. The number of thiazole rings is 1. The van der Waals surface area contributed by atoms with Crippen LogP contribution in [0.1, 0.15) is 12.5 Å². The highest BCUT2D eigenvalue weighted by Gasteiger charge is 2.17. The largest absolute Gasteiger partial charge is 0.484 e. The third kappa shape index (κ3) is 5.41. The van der Waals surface area contributed by atoms with E-state index >= 15 is 0 Å². The smallest absolute Gasteiger partial charge is 0.411 e. The van der Waals surface area contributed by atoms with Crippen LogP contribution >= 0.6 is 11.3 Å². The van der Waals surface area contributed by atoms with Gasteiger partial charge in [-0.15, -0.1) is 11.3 Å². The number of nitrogens with zero attached hydrogens (tertiary/aromatic N) is 4. The zero-order valence-corrected chi connectivity index (χ0v) is 21.0. The molecule has 1 N–H and O–H groups in total. The Labute approximate surface area is 215 Å². The number of carbonyl (C=O) groups is 1. The molecule has 0 spiro atoms. The Balaban J connectivity index is 1.34. The van der Waals surface area contributed by atoms with Crippen LogP contribution in [-0.2, 0) is 4.74 Å². The molecule has 0 fully saturated rings. The quantitative estimate of drug-likeness (QED) is 0.289. The summed E-state index contributed by atoms with van der Waals surface area (Å²) >= 11 is 1.40. The number of pyridine rings is 1. The summed E-state index contributed by atoms with van der Waals surface area (Å²) < 4.78 is 31.7. The maximum absolute atomic E-state index is 14.9. The first-order valence-electron chi connectivity index (χ1n) is 11.3. The molecule has 11 heteroatoms. The van der Waals surface area contributed by atoms with Gasteiger partial charge in [0.1, 0.15) is 17.7 Å². The first-order chi connectivity index (χ1) is 17.9. The number of amides is 1. The summed E-state index contributed by atoms with van der Waals surface area (Å²) in [6, 6.07) is 10.2. The van der Waals surface area contributed by atoms with Crippen molar-refractivity contribution in [1.29, 1.82) is 0 Å². The van der Waals surface area contributed by atoms with E-state index in [9.17, 15) is 9.18 Å². The summed E-state index contributed by atoms with van der Waals surface area (Å²) in [6.45, 7) is 3.57. The lowest BCUT2D eigenvalue weighted by atomic mass is 10.1. The van der Waals surface area contributed by atoms with Crippen LogP contribution in [0.4, 0.5) is 14.9 Å². The third-order valence-electron chi connectivity index (χ3n) is 5.34. The number of ether oxygens (including phenoxy) is 3. The SMILES string of the molecule is COc1cnc2c(-c3nc4cc(F)c(O[C@H](C)COC(=O)Nc5cccnc5)cc4s3)cc(C)cc2n1. The minimum atomic E-state index is -0.655. The van der Waals surface area contributed by atoms with E-state index < -0.39 is 18.0 Å². The minimum absolute atomic E-state index is 0.0464. The predicted molar refractivity (Wildman–Crippen MR) is 139 cm³/mol. The molecule has 0 saturated carbocycles. The first kappa shape index (κ1) is 24.3. The van der Waals surface area contributed by atoms with Gasteiger partial charge in [-0.3, -0.25) is 10.3 Å². The fourth-order valence-corrected chi connectivity index (χ4v) is 4.67. The van der Waals surface area contributed by atoms with Gasteiger partial charge in [-0.2, -0.15) is 0 Å². The van der Waals surface area contributed by atoms with Crippen LogP contribution in [0, 0.1) is 12.7 Å². The fraction of sp³-hybridized carbons (Fsp3) is 0.192. The number of rotatable bonds is 7. The van der Waals surface area contributed by atoms with Gasteiger partial charge in [0.15, 0.2) is 11.6 Å². The van der Waals surface area contributed by atoms with Crippen LogP contribution < -0.4 is 14.8 Å². The molecule has 1 atom stereocenters. The predicted octanol–water partition coefficient (Wildman–Crippen LogP) is 5.77. The normalized spacial score (nSPS) is 11.9.